The molecule has 20 heavy (non-hydrogen) atoms. The molecule has 110 valence electrons. The number of carbonyl (C=O) groups is 1. The Hall–Kier alpha value is -1.56. The monoisotopic (exact) mass is 287 g/mol. The molecule has 0 amide bonds. The second-order valence-electron chi connectivity index (χ2n) is 4.94. The Morgan fingerprint density at radius 3 is 2.45 bits per heavy atom. The van der Waals surface area contributed by atoms with Crippen LogP contribution in [-0.4, -0.2) is 25.2 Å². The fraction of sp³-hybridized carbons (Fsp3) is 0.500. The lowest BCUT2D eigenvalue weighted by molar-refractivity contribution is -0.147. The zero-order valence-electron chi connectivity index (χ0n) is 11.0. The molecule has 1 fully saturated rings. The van der Waals surface area contributed by atoms with Crippen molar-refractivity contribution in [2.45, 2.75) is 31.5 Å². The molecule has 2 rings (SSSR count). The zero-order chi connectivity index (χ0) is 14.8. The summed E-state index contributed by atoms with van der Waals surface area (Å²) in [5.74, 6) is -0.291. The van der Waals surface area contributed by atoms with Gasteiger partial charge in [-0.1, -0.05) is 12.1 Å². The van der Waals surface area contributed by atoms with Crippen LogP contribution in [-0.2, 0) is 15.7 Å². The van der Waals surface area contributed by atoms with E-state index in [1.807, 2.05) is 0 Å². The fourth-order valence-electron chi connectivity index (χ4n) is 2.43. The third-order valence-corrected chi connectivity index (χ3v) is 3.35. The molecule has 1 aromatic carbocycles. The van der Waals surface area contributed by atoms with E-state index in [0.717, 1.165) is 17.7 Å². The lowest BCUT2D eigenvalue weighted by Crippen LogP contribution is -2.40. The Balaban J connectivity index is 2.05. The first-order valence-electron chi connectivity index (χ1n) is 6.41. The van der Waals surface area contributed by atoms with Crippen LogP contribution in [0.3, 0.4) is 0 Å². The zero-order valence-corrected chi connectivity index (χ0v) is 11.0. The lowest BCUT2D eigenvalue weighted by Gasteiger charge is -2.29. The van der Waals surface area contributed by atoms with Crippen LogP contribution in [0, 0.1) is 0 Å². The van der Waals surface area contributed by atoms with E-state index in [1.54, 1.807) is 0 Å². The van der Waals surface area contributed by atoms with E-state index in [4.69, 9.17) is 4.74 Å². The summed E-state index contributed by atoms with van der Waals surface area (Å²) in [4.78, 5) is 10.9. The Bertz CT molecular complexity index is 470. The second kappa shape index (κ2) is 5.83. The third-order valence-electron chi connectivity index (χ3n) is 3.35. The minimum atomic E-state index is -4.32. The summed E-state index contributed by atoms with van der Waals surface area (Å²) in [6, 6.07) is 5.16. The average Bonchev–Trinajstić information content (AvgIpc) is 2.37. The van der Waals surface area contributed by atoms with Gasteiger partial charge in [-0.25, -0.2) is 0 Å². The van der Waals surface area contributed by atoms with E-state index in [9.17, 15) is 18.0 Å². The van der Waals surface area contributed by atoms with Crippen molar-refractivity contribution in [2.75, 3.05) is 13.1 Å². The summed E-state index contributed by atoms with van der Waals surface area (Å²) >= 11 is 0. The molecule has 2 unspecified atom stereocenters. The smallest absolute Gasteiger partial charge is 0.416 e. The molecular formula is C14H16F3NO2. The van der Waals surface area contributed by atoms with E-state index >= 15 is 0 Å². The van der Waals surface area contributed by atoms with Gasteiger partial charge in [-0.15, -0.1) is 0 Å². The van der Waals surface area contributed by atoms with Gasteiger partial charge in [0.15, 0.2) is 0 Å². The van der Waals surface area contributed by atoms with Crippen LogP contribution in [0.4, 0.5) is 13.2 Å². The van der Waals surface area contributed by atoms with Gasteiger partial charge in [0.2, 0.25) is 0 Å². The normalized spacial score (nSPS) is 23.4. The van der Waals surface area contributed by atoms with Crippen molar-refractivity contribution < 1.29 is 22.7 Å². The van der Waals surface area contributed by atoms with E-state index < -0.39 is 11.7 Å². The molecule has 0 saturated carbocycles. The van der Waals surface area contributed by atoms with Crippen LogP contribution < -0.4 is 5.32 Å². The summed E-state index contributed by atoms with van der Waals surface area (Å²) < 4.78 is 42.6. The minimum Gasteiger partial charge on any atom is -0.461 e. The van der Waals surface area contributed by atoms with E-state index in [-0.39, 0.29) is 18.0 Å². The van der Waals surface area contributed by atoms with Gasteiger partial charge in [-0.3, -0.25) is 4.79 Å². The first kappa shape index (κ1) is 14.8. The van der Waals surface area contributed by atoms with Gasteiger partial charge in [0.05, 0.1) is 5.56 Å². The van der Waals surface area contributed by atoms with Gasteiger partial charge < -0.3 is 10.1 Å². The SMILES string of the molecule is CC(=O)OC1CNCC(c2ccc(C(F)(F)F)cc2)C1. The number of hydrogen-bond acceptors (Lipinski definition) is 3. The maximum absolute atomic E-state index is 12.5. The molecule has 6 heteroatoms. The number of alkyl halides is 3. The molecule has 0 bridgehead atoms. The fourth-order valence-corrected chi connectivity index (χ4v) is 2.43. The number of nitrogens with one attached hydrogen (secondary N) is 1. The largest absolute Gasteiger partial charge is 0.461 e. The molecule has 1 aliphatic rings. The highest BCUT2D eigenvalue weighted by Gasteiger charge is 2.31. The number of carbonyl (C=O) groups excluding carboxylic acids is 1. The molecule has 2 atom stereocenters. The van der Waals surface area contributed by atoms with E-state index in [0.29, 0.717) is 19.5 Å². The quantitative estimate of drug-likeness (QED) is 0.850. The highest BCUT2D eigenvalue weighted by Crippen LogP contribution is 2.31. The van der Waals surface area contributed by atoms with Crippen LogP contribution in [0.15, 0.2) is 24.3 Å². The van der Waals surface area contributed by atoms with Gasteiger partial charge in [0, 0.05) is 20.0 Å². The number of halogens is 3. The molecule has 3 nitrogen and oxygen atoms in total. The van der Waals surface area contributed by atoms with Gasteiger partial charge in [0.25, 0.3) is 0 Å². The number of esters is 1. The Kier molecular flexibility index (Phi) is 4.32. The molecule has 1 aliphatic heterocycles. The molecule has 0 spiro atoms. The van der Waals surface area contributed by atoms with Crippen molar-refractivity contribution in [1.29, 1.82) is 0 Å². The standard InChI is InChI=1S/C14H16F3NO2/c1-9(19)20-13-6-11(7-18-8-13)10-2-4-12(5-3-10)14(15,16)17/h2-5,11,13,18H,6-8H2,1H3. The van der Waals surface area contributed by atoms with Gasteiger partial charge in [0.1, 0.15) is 6.10 Å². The molecule has 1 N–H and O–H groups in total. The number of piperidine rings is 1. The Morgan fingerprint density at radius 2 is 1.90 bits per heavy atom. The van der Waals surface area contributed by atoms with E-state index in [2.05, 4.69) is 5.32 Å². The highest BCUT2D eigenvalue weighted by molar-refractivity contribution is 5.66. The number of ether oxygens (including phenoxy) is 1. The van der Waals surface area contributed by atoms with Crippen molar-refractivity contribution in [1.82, 2.24) is 5.32 Å². The molecule has 1 aromatic rings. The van der Waals surface area contributed by atoms with Crippen LogP contribution in [0.1, 0.15) is 30.4 Å². The Labute approximate surface area is 115 Å². The lowest BCUT2D eigenvalue weighted by atomic mass is 9.89. The first-order valence-corrected chi connectivity index (χ1v) is 6.41. The van der Waals surface area contributed by atoms with Crippen molar-refractivity contribution in [3.63, 3.8) is 0 Å². The van der Waals surface area contributed by atoms with Crippen molar-refractivity contribution in [3.05, 3.63) is 35.4 Å². The van der Waals surface area contributed by atoms with Crippen LogP contribution in [0.5, 0.6) is 0 Å². The summed E-state index contributed by atoms with van der Waals surface area (Å²) in [5, 5.41) is 3.13. The second-order valence-corrected chi connectivity index (χ2v) is 4.94. The maximum atomic E-state index is 12.5. The number of rotatable bonds is 2. The van der Waals surface area contributed by atoms with Gasteiger partial charge in [-0.2, -0.15) is 13.2 Å². The number of benzene rings is 1. The van der Waals surface area contributed by atoms with Crippen LogP contribution in [0.25, 0.3) is 0 Å². The van der Waals surface area contributed by atoms with Crippen molar-refractivity contribution in [3.8, 4) is 0 Å². The Morgan fingerprint density at radius 1 is 1.25 bits per heavy atom. The predicted octanol–water partition coefficient (Wildman–Crippen LogP) is 2.71. The molecule has 1 heterocycles. The predicted molar refractivity (Wildman–Crippen MR) is 67.2 cm³/mol. The minimum absolute atomic E-state index is 0.0513. The maximum Gasteiger partial charge on any atom is 0.416 e. The molecular weight excluding hydrogens is 271 g/mol. The summed E-state index contributed by atoms with van der Waals surface area (Å²) in [6.45, 7) is 2.60. The molecule has 0 aliphatic carbocycles. The van der Waals surface area contributed by atoms with Crippen molar-refractivity contribution >= 4 is 5.97 Å². The summed E-state index contributed by atoms with van der Waals surface area (Å²) in [5.41, 5.74) is 0.170. The van der Waals surface area contributed by atoms with Gasteiger partial charge in [-0.05, 0) is 30.0 Å². The van der Waals surface area contributed by atoms with Crippen LogP contribution in [0.2, 0.25) is 0 Å². The summed E-state index contributed by atoms with van der Waals surface area (Å²) in [7, 11) is 0. The molecule has 1 saturated heterocycles. The number of hydrogen-bond donors (Lipinski definition) is 1. The summed E-state index contributed by atoms with van der Waals surface area (Å²) in [6.07, 6.45) is -3.92. The average molecular weight is 287 g/mol. The first-order chi connectivity index (χ1) is 9.36. The molecule has 0 aromatic heterocycles. The highest BCUT2D eigenvalue weighted by atomic mass is 19.4. The molecule has 0 radical (unpaired) electrons. The van der Waals surface area contributed by atoms with Crippen molar-refractivity contribution in [2.24, 2.45) is 0 Å². The topological polar surface area (TPSA) is 38.3 Å². The van der Waals surface area contributed by atoms with E-state index in [1.165, 1.54) is 19.1 Å². The van der Waals surface area contributed by atoms with Gasteiger partial charge >= 0.3 is 12.1 Å². The van der Waals surface area contributed by atoms with Crippen LogP contribution >= 0.6 is 0 Å². The third kappa shape index (κ3) is 3.72.